The molecule has 2 N–H and O–H groups in total. The SMILES string of the molecule is COc1ccc(C(NC(=O)CN2CCNC[C@H]2C)C2CC2)cc1. The van der Waals surface area contributed by atoms with Crippen molar-refractivity contribution in [3.63, 3.8) is 0 Å². The summed E-state index contributed by atoms with van der Waals surface area (Å²) in [4.78, 5) is 14.8. The van der Waals surface area contributed by atoms with Crippen LogP contribution >= 0.6 is 0 Å². The Balaban J connectivity index is 1.61. The van der Waals surface area contributed by atoms with Gasteiger partial charge in [-0.25, -0.2) is 0 Å². The van der Waals surface area contributed by atoms with Crippen LogP contribution in [0.5, 0.6) is 5.75 Å². The summed E-state index contributed by atoms with van der Waals surface area (Å²) in [5.41, 5.74) is 1.18. The number of rotatable bonds is 6. The quantitative estimate of drug-likeness (QED) is 0.836. The highest BCUT2D eigenvalue weighted by atomic mass is 16.5. The number of hydrogen-bond donors (Lipinski definition) is 2. The molecule has 23 heavy (non-hydrogen) atoms. The number of benzene rings is 1. The summed E-state index contributed by atoms with van der Waals surface area (Å²) >= 11 is 0. The van der Waals surface area contributed by atoms with E-state index < -0.39 is 0 Å². The molecule has 1 unspecified atom stereocenters. The summed E-state index contributed by atoms with van der Waals surface area (Å²) in [6, 6.07) is 8.61. The maximum Gasteiger partial charge on any atom is 0.234 e. The molecule has 3 rings (SSSR count). The van der Waals surface area contributed by atoms with E-state index >= 15 is 0 Å². The summed E-state index contributed by atoms with van der Waals surface area (Å²) in [5, 5.41) is 6.62. The molecular weight excluding hydrogens is 290 g/mol. The summed E-state index contributed by atoms with van der Waals surface area (Å²) in [6.45, 7) is 5.51. The zero-order valence-electron chi connectivity index (χ0n) is 14.0. The fourth-order valence-electron chi connectivity index (χ4n) is 3.24. The number of carbonyl (C=O) groups excluding carboxylic acids is 1. The largest absolute Gasteiger partial charge is 0.497 e. The minimum absolute atomic E-state index is 0.131. The van der Waals surface area contributed by atoms with Crippen LogP contribution in [0.1, 0.15) is 31.4 Å². The van der Waals surface area contributed by atoms with Gasteiger partial charge in [-0.3, -0.25) is 9.69 Å². The Morgan fingerprint density at radius 3 is 2.74 bits per heavy atom. The van der Waals surface area contributed by atoms with E-state index in [1.165, 1.54) is 18.4 Å². The van der Waals surface area contributed by atoms with Crippen molar-refractivity contribution < 1.29 is 9.53 Å². The van der Waals surface area contributed by atoms with E-state index in [9.17, 15) is 4.79 Å². The zero-order chi connectivity index (χ0) is 16.2. The highest BCUT2D eigenvalue weighted by Crippen LogP contribution is 2.41. The van der Waals surface area contributed by atoms with Gasteiger partial charge < -0.3 is 15.4 Å². The average Bonchev–Trinajstić information content (AvgIpc) is 3.40. The summed E-state index contributed by atoms with van der Waals surface area (Å²) in [6.07, 6.45) is 2.39. The fourth-order valence-corrected chi connectivity index (χ4v) is 3.24. The molecule has 1 aliphatic carbocycles. The van der Waals surface area contributed by atoms with Crippen molar-refractivity contribution in [2.45, 2.75) is 31.8 Å². The van der Waals surface area contributed by atoms with Crippen LogP contribution in [0.3, 0.4) is 0 Å². The number of piperazine rings is 1. The third-order valence-electron chi connectivity index (χ3n) is 4.87. The number of hydrogen-bond acceptors (Lipinski definition) is 4. The van der Waals surface area contributed by atoms with Crippen molar-refractivity contribution in [2.24, 2.45) is 5.92 Å². The minimum Gasteiger partial charge on any atom is -0.497 e. The number of amides is 1. The van der Waals surface area contributed by atoms with Crippen LogP contribution in [0.4, 0.5) is 0 Å². The Morgan fingerprint density at radius 2 is 2.13 bits per heavy atom. The Bertz CT molecular complexity index is 528. The molecule has 2 fully saturated rings. The smallest absolute Gasteiger partial charge is 0.234 e. The number of carbonyl (C=O) groups is 1. The Labute approximate surface area is 138 Å². The molecule has 5 nitrogen and oxygen atoms in total. The summed E-state index contributed by atoms with van der Waals surface area (Å²) < 4.78 is 5.22. The van der Waals surface area contributed by atoms with Crippen molar-refractivity contribution in [2.75, 3.05) is 33.3 Å². The van der Waals surface area contributed by atoms with Crippen LogP contribution in [0.2, 0.25) is 0 Å². The molecule has 2 aliphatic rings. The third-order valence-corrected chi connectivity index (χ3v) is 4.87. The Kier molecular flexibility index (Phi) is 5.18. The monoisotopic (exact) mass is 317 g/mol. The predicted octanol–water partition coefficient (Wildman–Crippen LogP) is 1.56. The topological polar surface area (TPSA) is 53.6 Å². The van der Waals surface area contributed by atoms with Crippen molar-refractivity contribution >= 4 is 5.91 Å². The predicted molar refractivity (Wildman–Crippen MR) is 90.5 cm³/mol. The first-order valence-electron chi connectivity index (χ1n) is 8.55. The Hall–Kier alpha value is -1.59. The van der Waals surface area contributed by atoms with Gasteiger partial charge in [0.25, 0.3) is 0 Å². The first-order chi connectivity index (χ1) is 11.2. The van der Waals surface area contributed by atoms with Gasteiger partial charge in [-0.2, -0.15) is 0 Å². The van der Waals surface area contributed by atoms with E-state index in [1.807, 2.05) is 12.1 Å². The molecule has 126 valence electrons. The van der Waals surface area contributed by atoms with Crippen molar-refractivity contribution in [3.8, 4) is 5.75 Å². The molecule has 1 aliphatic heterocycles. The van der Waals surface area contributed by atoms with E-state index in [0.717, 1.165) is 25.4 Å². The highest BCUT2D eigenvalue weighted by molar-refractivity contribution is 5.78. The van der Waals surface area contributed by atoms with E-state index in [2.05, 4.69) is 34.6 Å². The second kappa shape index (κ2) is 7.32. The van der Waals surface area contributed by atoms with Gasteiger partial charge >= 0.3 is 0 Å². The van der Waals surface area contributed by atoms with Gasteiger partial charge in [0.15, 0.2) is 0 Å². The lowest BCUT2D eigenvalue weighted by Crippen LogP contribution is -2.53. The van der Waals surface area contributed by atoms with E-state index in [4.69, 9.17) is 4.74 Å². The van der Waals surface area contributed by atoms with Crippen LogP contribution in [0.15, 0.2) is 24.3 Å². The molecule has 1 saturated heterocycles. The number of nitrogens with zero attached hydrogens (tertiary/aromatic N) is 1. The summed E-state index contributed by atoms with van der Waals surface area (Å²) in [7, 11) is 1.67. The lowest BCUT2D eigenvalue weighted by atomic mass is 10.0. The van der Waals surface area contributed by atoms with Crippen LogP contribution in [-0.4, -0.2) is 50.1 Å². The lowest BCUT2D eigenvalue weighted by Gasteiger charge is -2.33. The van der Waals surface area contributed by atoms with E-state index in [-0.39, 0.29) is 11.9 Å². The molecule has 1 saturated carbocycles. The first-order valence-corrected chi connectivity index (χ1v) is 8.55. The van der Waals surface area contributed by atoms with Gasteiger partial charge in [-0.1, -0.05) is 12.1 Å². The van der Waals surface area contributed by atoms with E-state index in [1.54, 1.807) is 7.11 Å². The molecule has 1 heterocycles. The molecule has 0 bridgehead atoms. The zero-order valence-corrected chi connectivity index (χ0v) is 14.0. The third kappa shape index (κ3) is 4.24. The number of nitrogens with one attached hydrogen (secondary N) is 2. The molecule has 2 atom stereocenters. The minimum atomic E-state index is 0.131. The van der Waals surface area contributed by atoms with Crippen LogP contribution in [0.25, 0.3) is 0 Å². The maximum absolute atomic E-state index is 12.5. The van der Waals surface area contributed by atoms with Crippen molar-refractivity contribution in [1.82, 2.24) is 15.5 Å². The molecule has 0 radical (unpaired) electrons. The normalized spacial score (nSPS) is 23.3. The maximum atomic E-state index is 12.5. The second-order valence-corrected chi connectivity index (χ2v) is 6.68. The van der Waals surface area contributed by atoms with Gasteiger partial charge in [0.2, 0.25) is 5.91 Å². The molecule has 0 spiro atoms. The Morgan fingerprint density at radius 1 is 1.39 bits per heavy atom. The van der Waals surface area contributed by atoms with Gasteiger partial charge in [-0.15, -0.1) is 0 Å². The van der Waals surface area contributed by atoms with Crippen molar-refractivity contribution in [3.05, 3.63) is 29.8 Å². The van der Waals surface area contributed by atoms with Crippen LogP contribution in [-0.2, 0) is 4.79 Å². The van der Waals surface area contributed by atoms with Crippen molar-refractivity contribution in [1.29, 1.82) is 0 Å². The fraction of sp³-hybridized carbons (Fsp3) is 0.611. The van der Waals surface area contributed by atoms with Gasteiger partial charge in [-0.05, 0) is 43.4 Å². The average molecular weight is 317 g/mol. The lowest BCUT2D eigenvalue weighted by molar-refractivity contribution is -0.123. The van der Waals surface area contributed by atoms with Gasteiger partial charge in [0.1, 0.15) is 5.75 Å². The molecule has 5 heteroatoms. The molecule has 0 aromatic heterocycles. The highest BCUT2D eigenvalue weighted by Gasteiger charge is 2.34. The molecule has 1 aromatic rings. The number of ether oxygens (including phenoxy) is 1. The molecule has 1 amide bonds. The second-order valence-electron chi connectivity index (χ2n) is 6.68. The van der Waals surface area contributed by atoms with Crippen LogP contribution < -0.4 is 15.4 Å². The molecular formula is C18H27N3O2. The standard InChI is InChI=1S/C18H27N3O2/c1-13-11-19-9-10-21(13)12-17(22)20-18(14-3-4-14)15-5-7-16(23-2)8-6-15/h5-8,13-14,18-19H,3-4,9-12H2,1-2H3,(H,20,22)/t13-,18?/m1/s1. The van der Waals surface area contributed by atoms with E-state index in [0.29, 0.717) is 18.5 Å². The number of methoxy groups -OCH3 is 1. The van der Waals surface area contributed by atoms with Crippen LogP contribution in [0, 0.1) is 5.92 Å². The van der Waals surface area contributed by atoms with Gasteiger partial charge in [0, 0.05) is 25.7 Å². The molecule has 1 aromatic carbocycles. The van der Waals surface area contributed by atoms with Gasteiger partial charge in [0.05, 0.1) is 19.7 Å². The first kappa shape index (κ1) is 16.3. The summed E-state index contributed by atoms with van der Waals surface area (Å²) in [5.74, 6) is 1.56.